The summed E-state index contributed by atoms with van der Waals surface area (Å²) >= 11 is 0. The number of rotatable bonds is 5. The number of carbonyl (C=O) groups excluding carboxylic acids is 2. The fraction of sp³-hybridized carbons (Fsp3) is 0.579. The number of nitrogens with one attached hydrogen (secondary N) is 1. The van der Waals surface area contributed by atoms with Crippen molar-refractivity contribution in [1.29, 1.82) is 0 Å². The summed E-state index contributed by atoms with van der Waals surface area (Å²) < 4.78 is 23.3. The van der Waals surface area contributed by atoms with Crippen LogP contribution in [0.25, 0.3) is 0 Å². The first-order valence-corrected chi connectivity index (χ1v) is 10.7. The lowest BCUT2D eigenvalue weighted by Crippen LogP contribution is -2.42. The van der Waals surface area contributed by atoms with Gasteiger partial charge in [0.05, 0.1) is 11.5 Å². The van der Waals surface area contributed by atoms with Crippen LogP contribution < -0.4 is 5.32 Å². The molecule has 1 saturated heterocycles. The Morgan fingerprint density at radius 3 is 2.27 bits per heavy atom. The molecule has 144 valence electrons. The maximum Gasteiger partial charge on any atom is 0.233 e. The second-order valence-electron chi connectivity index (χ2n) is 7.79. The maximum atomic E-state index is 12.4. The summed E-state index contributed by atoms with van der Waals surface area (Å²) in [5.74, 6) is -0.632. The number of hydrogen-bond acceptors (Lipinski definition) is 4. The Morgan fingerprint density at radius 1 is 1.19 bits per heavy atom. The highest BCUT2D eigenvalue weighted by Crippen LogP contribution is 2.23. The summed E-state index contributed by atoms with van der Waals surface area (Å²) in [6.45, 7) is 8.53. The number of hydrogen-bond donors (Lipinski definition) is 1. The van der Waals surface area contributed by atoms with E-state index in [1.54, 1.807) is 6.92 Å². The van der Waals surface area contributed by atoms with Crippen molar-refractivity contribution in [3.63, 3.8) is 0 Å². The van der Waals surface area contributed by atoms with Gasteiger partial charge in [-0.2, -0.15) is 0 Å². The van der Waals surface area contributed by atoms with Gasteiger partial charge < -0.3 is 10.2 Å². The number of sulfone groups is 1. The first kappa shape index (κ1) is 20.4. The summed E-state index contributed by atoms with van der Waals surface area (Å²) in [6, 6.07) is 7.24. The zero-order valence-corrected chi connectivity index (χ0v) is 16.7. The van der Waals surface area contributed by atoms with Gasteiger partial charge in [0, 0.05) is 18.3 Å². The van der Waals surface area contributed by atoms with Crippen LogP contribution in [0.15, 0.2) is 24.3 Å². The molecule has 1 N–H and O–H groups in total. The van der Waals surface area contributed by atoms with Gasteiger partial charge in [-0.05, 0) is 36.5 Å². The molecule has 0 saturated carbocycles. The summed E-state index contributed by atoms with van der Waals surface area (Å²) in [4.78, 5) is 26.1. The van der Waals surface area contributed by atoms with Crippen LogP contribution in [0.4, 0.5) is 5.69 Å². The third-order valence-corrected chi connectivity index (χ3v) is 6.41. The van der Waals surface area contributed by atoms with Crippen LogP contribution in [0.5, 0.6) is 0 Å². The average Bonchev–Trinajstić information content (AvgIpc) is 2.87. The molecule has 0 spiro atoms. The Morgan fingerprint density at radius 2 is 1.81 bits per heavy atom. The molecule has 6 nitrogen and oxygen atoms in total. The van der Waals surface area contributed by atoms with Crippen LogP contribution >= 0.6 is 0 Å². The molecule has 1 aromatic carbocycles. The van der Waals surface area contributed by atoms with E-state index >= 15 is 0 Å². The normalized spacial score (nSPS) is 19.2. The molecular weight excluding hydrogens is 352 g/mol. The van der Waals surface area contributed by atoms with Crippen LogP contribution in [0, 0.1) is 0 Å². The molecule has 2 amide bonds. The van der Waals surface area contributed by atoms with Gasteiger partial charge in [0.25, 0.3) is 0 Å². The van der Waals surface area contributed by atoms with Crippen LogP contribution in [0.3, 0.4) is 0 Å². The number of amides is 2. The monoisotopic (exact) mass is 380 g/mol. The Kier molecular flexibility index (Phi) is 6.11. The first-order valence-electron chi connectivity index (χ1n) is 8.92. The van der Waals surface area contributed by atoms with E-state index in [2.05, 4.69) is 26.1 Å². The van der Waals surface area contributed by atoms with Gasteiger partial charge in [0.2, 0.25) is 11.8 Å². The lowest BCUT2D eigenvalue weighted by atomic mass is 9.87. The zero-order valence-electron chi connectivity index (χ0n) is 15.9. The van der Waals surface area contributed by atoms with E-state index in [0.717, 1.165) is 5.56 Å². The minimum absolute atomic E-state index is 0.0114. The Labute approximate surface area is 155 Å². The Balaban J connectivity index is 1.95. The Hall–Kier alpha value is -1.89. The van der Waals surface area contributed by atoms with Gasteiger partial charge in [0.1, 0.15) is 6.42 Å². The molecule has 0 aliphatic carbocycles. The van der Waals surface area contributed by atoms with E-state index in [9.17, 15) is 18.0 Å². The number of anilines is 1. The van der Waals surface area contributed by atoms with Gasteiger partial charge in [-0.1, -0.05) is 32.9 Å². The van der Waals surface area contributed by atoms with E-state index in [1.165, 1.54) is 4.90 Å². The molecular formula is C19H28N2O4S. The molecule has 1 unspecified atom stereocenters. The van der Waals surface area contributed by atoms with Crippen molar-refractivity contribution in [2.24, 2.45) is 0 Å². The van der Waals surface area contributed by atoms with E-state index < -0.39 is 15.7 Å². The van der Waals surface area contributed by atoms with Crippen molar-refractivity contribution in [3.8, 4) is 0 Å². The standard InChI is InChI=1S/C19H28N2O4S/c1-5-21(16-10-11-26(24,25)13-16)18(23)12-17(22)20-15-8-6-14(7-9-15)19(2,3)4/h6-9,16H,5,10-13H2,1-4H3,(H,20,22). The smallest absolute Gasteiger partial charge is 0.233 e. The van der Waals surface area contributed by atoms with Crippen molar-refractivity contribution in [1.82, 2.24) is 4.90 Å². The van der Waals surface area contributed by atoms with E-state index in [0.29, 0.717) is 18.7 Å². The summed E-state index contributed by atoms with van der Waals surface area (Å²) in [5.41, 5.74) is 1.83. The van der Waals surface area contributed by atoms with E-state index in [-0.39, 0.29) is 35.3 Å². The molecule has 1 fully saturated rings. The third-order valence-electron chi connectivity index (χ3n) is 4.66. The van der Waals surface area contributed by atoms with Crippen molar-refractivity contribution >= 4 is 27.3 Å². The quantitative estimate of drug-likeness (QED) is 0.795. The molecule has 1 aliphatic heterocycles. The minimum Gasteiger partial charge on any atom is -0.338 e. The van der Waals surface area contributed by atoms with Crippen molar-refractivity contribution in [2.75, 3.05) is 23.4 Å². The molecule has 0 aromatic heterocycles. The van der Waals surface area contributed by atoms with Gasteiger partial charge in [0.15, 0.2) is 9.84 Å². The molecule has 0 radical (unpaired) electrons. The largest absolute Gasteiger partial charge is 0.338 e. The van der Waals surface area contributed by atoms with E-state index in [4.69, 9.17) is 0 Å². The average molecular weight is 381 g/mol. The van der Waals surface area contributed by atoms with Crippen LogP contribution in [-0.2, 0) is 24.8 Å². The van der Waals surface area contributed by atoms with Gasteiger partial charge in [-0.3, -0.25) is 9.59 Å². The summed E-state index contributed by atoms with van der Waals surface area (Å²) in [6.07, 6.45) is 0.156. The molecule has 7 heteroatoms. The molecule has 2 rings (SSSR count). The predicted molar refractivity (Wildman–Crippen MR) is 103 cm³/mol. The zero-order chi connectivity index (χ0) is 19.5. The second-order valence-corrected chi connectivity index (χ2v) is 10.0. The highest BCUT2D eigenvalue weighted by Gasteiger charge is 2.34. The fourth-order valence-electron chi connectivity index (χ4n) is 3.16. The second kappa shape index (κ2) is 7.78. The number of carbonyl (C=O) groups is 2. The highest BCUT2D eigenvalue weighted by atomic mass is 32.2. The van der Waals surface area contributed by atoms with Crippen LogP contribution in [0.2, 0.25) is 0 Å². The maximum absolute atomic E-state index is 12.4. The molecule has 1 aromatic rings. The molecule has 1 atom stereocenters. The predicted octanol–water partition coefficient (Wildman–Crippen LogP) is 2.35. The molecule has 0 bridgehead atoms. The minimum atomic E-state index is -3.07. The highest BCUT2D eigenvalue weighted by molar-refractivity contribution is 7.91. The van der Waals surface area contributed by atoms with Gasteiger partial charge >= 0.3 is 0 Å². The van der Waals surface area contributed by atoms with Gasteiger partial charge in [-0.15, -0.1) is 0 Å². The van der Waals surface area contributed by atoms with Crippen LogP contribution in [-0.4, -0.2) is 49.2 Å². The Bertz CT molecular complexity index is 764. The lowest BCUT2D eigenvalue weighted by molar-refractivity contribution is -0.135. The fourth-order valence-corrected chi connectivity index (χ4v) is 4.89. The lowest BCUT2D eigenvalue weighted by Gasteiger charge is -2.26. The topological polar surface area (TPSA) is 83.6 Å². The van der Waals surface area contributed by atoms with Crippen molar-refractivity contribution in [2.45, 2.75) is 52.0 Å². The first-order chi connectivity index (χ1) is 12.0. The third kappa shape index (κ3) is 5.30. The van der Waals surface area contributed by atoms with Crippen molar-refractivity contribution < 1.29 is 18.0 Å². The van der Waals surface area contributed by atoms with Gasteiger partial charge in [-0.25, -0.2) is 8.42 Å². The van der Waals surface area contributed by atoms with E-state index in [1.807, 2.05) is 24.3 Å². The van der Waals surface area contributed by atoms with Crippen LogP contribution in [0.1, 0.15) is 46.1 Å². The summed E-state index contributed by atoms with van der Waals surface area (Å²) in [5, 5.41) is 2.73. The molecule has 26 heavy (non-hydrogen) atoms. The SMILES string of the molecule is CCN(C(=O)CC(=O)Nc1ccc(C(C)(C)C)cc1)C1CCS(=O)(=O)C1. The van der Waals surface area contributed by atoms with Crippen molar-refractivity contribution in [3.05, 3.63) is 29.8 Å². The number of nitrogens with zero attached hydrogens (tertiary/aromatic N) is 1. The number of benzene rings is 1. The summed E-state index contributed by atoms with van der Waals surface area (Å²) in [7, 11) is -3.07. The molecule has 1 heterocycles. The molecule has 1 aliphatic rings.